The molecule has 0 aliphatic carbocycles. The van der Waals surface area contributed by atoms with E-state index in [2.05, 4.69) is 0 Å². The van der Waals surface area contributed by atoms with E-state index in [4.69, 9.17) is 4.74 Å². The Kier molecular flexibility index (Phi) is 3.82. The van der Waals surface area contributed by atoms with E-state index in [1.165, 1.54) is 4.90 Å². The van der Waals surface area contributed by atoms with Crippen molar-refractivity contribution in [2.75, 3.05) is 13.1 Å². The minimum absolute atomic E-state index is 0.0493. The van der Waals surface area contributed by atoms with Gasteiger partial charge in [0.05, 0.1) is 13.1 Å². The number of halogens is 1. The Balaban J connectivity index is 1.88. The van der Waals surface area contributed by atoms with E-state index in [0.717, 1.165) is 11.7 Å². The van der Waals surface area contributed by atoms with Gasteiger partial charge < -0.3 is 9.64 Å². The number of ether oxygens (including phenoxy) is 1. The van der Waals surface area contributed by atoms with Gasteiger partial charge in [-0.3, -0.25) is 4.79 Å². The Hall–Kier alpha value is -2.43. The first-order valence-corrected chi connectivity index (χ1v) is 7.88. The van der Waals surface area contributed by atoms with Crippen LogP contribution in [0.15, 0.2) is 36.4 Å². The molecule has 1 fully saturated rings. The number of nitrogens with zero attached hydrogens (tertiary/aromatic N) is 1. The molecule has 2 aromatic rings. The second-order valence-corrected chi connectivity index (χ2v) is 7.17. The smallest absolute Gasteiger partial charge is 0.410 e. The van der Waals surface area contributed by atoms with Gasteiger partial charge in [-0.2, -0.15) is 0 Å². The average Bonchev–Trinajstić information content (AvgIpc) is 2.49. The first-order chi connectivity index (χ1) is 11.2. The number of likely N-dealkylation sites (tertiary alicyclic amines) is 1. The number of alkyl halides is 1. The molecule has 1 aliphatic rings. The van der Waals surface area contributed by atoms with E-state index >= 15 is 4.39 Å². The monoisotopic (exact) mass is 329 g/mol. The van der Waals surface area contributed by atoms with Crippen LogP contribution >= 0.6 is 0 Å². The number of carbonyl (C=O) groups excluding carboxylic acids is 2. The maximum atomic E-state index is 15.3. The third-order valence-electron chi connectivity index (χ3n) is 4.10. The predicted octanol–water partition coefficient (Wildman–Crippen LogP) is 4.07. The Bertz CT molecular complexity index is 804. The Morgan fingerprint density at radius 1 is 1.17 bits per heavy atom. The van der Waals surface area contributed by atoms with Crippen LogP contribution in [-0.2, 0) is 10.4 Å². The molecule has 2 aromatic carbocycles. The van der Waals surface area contributed by atoms with Crippen molar-refractivity contribution >= 4 is 23.2 Å². The highest BCUT2D eigenvalue weighted by atomic mass is 19.1. The first-order valence-electron chi connectivity index (χ1n) is 7.88. The Morgan fingerprint density at radius 3 is 2.38 bits per heavy atom. The van der Waals surface area contributed by atoms with Gasteiger partial charge in [0.1, 0.15) is 5.60 Å². The van der Waals surface area contributed by atoms with Gasteiger partial charge in [-0.1, -0.05) is 36.4 Å². The molecule has 1 heterocycles. The average molecular weight is 329 g/mol. The van der Waals surface area contributed by atoms with E-state index in [9.17, 15) is 9.59 Å². The standard InChI is InChI=1S/C19H20FNO3/c1-18(2,3)24-17(23)21-11-19(20,12-21)16-9-8-13(10-22)14-6-4-5-7-15(14)16/h4-10H,11-12H2,1-3H3. The third-order valence-corrected chi connectivity index (χ3v) is 4.10. The van der Waals surface area contributed by atoms with Crippen LogP contribution in [-0.4, -0.2) is 36.0 Å². The normalized spacial score (nSPS) is 16.6. The van der Waals surface area contributed by atoms with Crippen LogP contribution in [0.3, 0.4) is 0 Å². The molecular formula is C19H20FNO3. The lowest BCUT2D eigenvalue weighted by Crippen LogP contribution is -2.59. The number of hydrogen-bond donors (Lipinski definition) is 0. The van der Waals surface area contributed by atoms with Gasteiger partial charge in [-0.15, -0.1) is 0 Å². The van der Waals surface area contributed by atoms with Gasteiger partial charge >= 0.3 is 6.09 Å². The number of aldehydes is 1. The summed E-state index contributed by atoms with van der Waals surface area (Å²) in [4.78, 5) is 24.5. The maximum Gasteiger partial charge on any atom is 0.410 e. The highest BCUT2D eigenvalue weighted by Gasteiger charge is 2.49. The highest BCUT2D eigenvalue weighted by Crippen LogP contribution is 2.40. The largest absolute Gasteiger partial charge is 0.444 e. The molecule has 24 heavy (non-hydrogen) atoms. The zero-order valence-electron chi connectivity index (χ0n) is 14.0. The van der Waals surface area contributed by atoms with Crippen molar-refractivity contribution in [1.82, 2.24) is 4.90 Å². The van der Waals surface area contributed by atoms with Gasteiger partial charge in [-0.25, -0.2) is 9.18 Å². The summed E-state index contributed by atoms with van der Waals surface area (Å²) < 4.78 is 20.6. The molecule has 5 heteroatoms. The molecule has 0 aromatic heterocycles. The molecular weight excluding hydrogens is 309 g/mol. The minimum atomic E-state index is -1.63. The summed E-state index contributed by atoms with van der Waals surface area (Å²) in [5.41, 5.74) is -1.20. The van der Waals surface area contributed by atoms with Crippen molar-refractivity contribution in [3.05, 3.63) is 47.5 Å². The fourth-order valence-electron chi connectivity index (χ4n) is 3.00. The lowest BCUT2D eigenvalue weighted by atomic mass is 9.84. The molecule has 0 saturated carbocycles. The van der Waals surface area contributed by atoms with Crippen molar-refractivity contribution in [3.8, 4) is 0 Å². The van der Waals surface area contributed by atoms with Crippen molar-refractivity contribution in [2.24, 2.45) is 0 Å². The molecule has 1 aliphatic heterocycles. The number of rotatable bonds is 2. The summed E-state index contributed by atoms with van der Waals surface area (Å²) in [5.74, 6) is 0. The second kappa shape index (κ2) is 5.58. The second-order valence-electron chi connectivity index (χ2n) is 7.17. The van der Waals surface area contributed by atoms with Crippen molar-refractivity contribution in [3.63, 3.8) is 0 Å². The summed E-state index contributed by atoms with van der Waals surface area (Å²) in [6.07, 6.45) is 0.259. The van der Waals surface area contributed by atoms with E-state index in [0.29, 0.717) is 16.5 Å². The highest BCUT2D eigenvalue weighted by molar-refractivity contribution is 6.00. The van der Waals surface area contributed by atoms with Crippen LogP contribution in [0.1, 0.15) is 36.7 Å². The number of benzene rings is 2. The molecule has 0 atom stereocenters. The molecule has 0 spiro atoms. The summed E-state index contributed by atoms with van der Waals surface area (Å²) in [6.45, 7) is 5.23. The summed E-state index contributed by atoms with van der Waals surface area (Å²) >= 11 is 0. The molecule has 0 N–H and O–H groups in total. The molecule has 1 amide bonds. The van der Waals surface area contributed by atoms with Crippen LogP contribution in [0.2, 0.25) is 0 Å². The van der Waals surface area contributed by atoms with Crippen molar-refractivity contribution in [2.45, 2.75) is 32.0 Å². The zero-order chi connectivity index (χ0) is 17.5. The van der Waals surface area contributed by atoms with E-state index in [1.807, 2.05) is 12.1 Å². The van der Waals surface area contributed by atoms with Crippen molar-refractivity contribution < 1.29 is 18.7 Å². The van der Waals surface area contributed by atoms with Crippen LogP contribution < -0.4 is 0 Å². The van der Waals surface area contributed by atoms with E-state index in [-0.39, 0.29) is 13.1 Å². The molecule has 3 rings (SSSR count). The molecule has 1 saturated heterocycles. The quantitative estimate of drug-likeness (QED) is 0.780. The van der Waals surface area contributed by atoms with Gasteiger partial charge in [0.15, 0.2) is 12.0 Å². The fourth-order valence-corrected chi connectivity index (χ4v) is 3.00. The predicted molar refractivity (Wildman–Crippen MR) is 89.9 cm³/mol. The lowest BCUT2D eigenvalue weighted by Gasteiger charge is -2.45. The zero-order valence-corrected chi connectivity index (χ0v) is 14.0. The lowest BCUT2D eigenvalue weighted by molar-refractivity contribution is -0.0531. The molecule has 126 valence electrons. The maximum absolute atomic E-state index is 15.3. The van der Waals surface area contributed by atoms with Crippen LogP contribution in [0, 0.1) is 0 Å². The summed E-state index contributed by atoms with van der Waals surface area (Å²) in [7, 11) is 0. The van der Waals surface area contributed by atoms with Crippen LogP contribution in [0.25, 0.3) is 10.8 Å². The number of hydrogen-bond acceptors (Lipinski definition) is 3. The summed E-state index contributed by atoms with van der Waals surface area (Å²) in [5, 5.41) is 1.42. The number of carbonyl (C=O) groups is 2. The van der Waals surface area contributed by atoms with Crippen LogP contribution in [0.5, 0.6) is 0 Å². The number of fused-ring (bicyclic) bond motifs is 1. The van der Waals surface area contributed by atoms with E-state index < -0.39 is 17.4 Å². The first kappa shape index (κ1) is 16.4. The summed E-state index contributed by atoms with van der Waals surface area (Å²) in [6, 6.07) is 10.5. The molecule has 0 radical (unpaired) electrons. The molecule has 0 bridgehead atoms. The van der Waals surface area contributed by atoms with Gasteiger partial charge in [0.25, 0.3) is 0 Å². The van der Waals surface area contributed by atoms with Gasteiger partial charge in [0, 0.05) is 11.1 Å². The molecule has 0 unspecified atom stereocenters. The Morgan fingerprint density at radius 2 is 1.79 bits per heavy atom. The van der Waals surface area contributed by atoms with Gasteiger partial charge in [0.2, 0.25) is 0 Å². The number of amides is 1. The molecule has 4 nitrogen and oxygen atoms in total. The third kappa shape index (κ3) is 2.86. The minimum Gasteiger partial charge on any atom is -0.444 e. The van der Waals surface area contributed by atoms with E-state index in [1.54, 1.807) is 45.0 Å². The topological polar surface area (TPSA) is 46.6 Å². The van der Waals surface area contributed by atoms with Crippen molar-refractivity contribution in [1.29, 1.82) is 0 Å². The van der Waals surface area contributed by atoms with Gasteiger partial charge in [-0.05, 0) is 31.5 Å². The SMILES string of the molecule is CC(C)(C)OC(=O)N1CC(F)(c2ccc(C=O)c3ccccc23)C1. The Labute approximate surface area is 140 Å². The fraction of sp³-hybridized carbons (Fsp3) is 0.368. The van der Waals surface area contributed by atoms with Crippen LogP contribution in [0.4, 0.5) is 9.18 Å².